The molecule has 0 amide bonds. The molecule has 0 bridgehead atoms. The van der Waals surface area contributed by atoms with Crippen LogP contribution in [0.1, 0.15) is 43.0 Å². The van der Waals surface area contributed by atoms with Crippen molar-refractivity contribution < 1.29 is 0 Å². The number of hydrogen-bond acceptors (Lipinski definition) is 3. The highest BCUT2D eigenvalue weighted by atomic mass is 32.1. The van der Waals surface area contributed by atoms with Crippen molar-refractivity contribution in [2.24, 2.45) is 0 Å². The third kappa shape index (κ3) is 3.51. The minimum atomic E-state index is 0.0402. The number of rotatable bonds is 2. The van der Waals surface area contributed by atoms with Crippen LogP contribution in [0.25, 0.3) is 42.8 Å². The van der Waals surface area contributed by atoms with Crippen LogP contribution in [0.5, 0.6) is 0 Å². The number of benzene rings is 3. The first-order chi connectivity index (χ1) is 15.2. The topological polar surface area (TPSA) is 25.8 Å². The minimum Gasteiger partial charge on any atom is -0.255 e. The lowest BCUT2D eigenvalue weighted by molar-refractivity contribution is 0.596. The van der Waals surface area contributed by atoms with Gasteiger partial charge >= 0.3 is 0 Å². The lowest BCUT2D eigenvalue weighted by atomic mass is 9.82. The molecule has 0 radical (unpaired) electrons. The Morgan fingerprint density at radius 3 is 2.28 bits per heavy atom. The van der Waals surface area contributed by atoms with Crippen molar-refractivity contribution >= 4 is 32.3 Å². The average Bonchev–Trinajstić information content (AvgIpc) is 3.15. The maximum Gasteiger partial charge on any atom is 0.125 e. The molecule has 2 aromatic heterocycles. The Labute approximate surface area is 194 Å². The summed E-state index contributed by atoms with van der Waals surface area (Å²) < 4.78 is 1.15. The van der Waals surface area contributed by atoms with E-state index in [0.717, 1.165) is 26.5 Å². The molecule has 0 saturated heterocycles. The molecule has 5 rings (SSSR count). The Bertz CT molecular complexity index is 1460. The fourth-order valence-electron chi connectivity index (χ4n) is 4.75. The molecule has 0 atom stereocenters. The van der Waals surface area contributed by atoms with Crippen LogP contribution in [0, 0.1) is 20.8 Å². The molecule has 0 aliphatic rings. The monoisotopic (exact) mass is 436 g/mol. The lowest BCUT2D eigenvalue weighted by Crippen LogP contribution is -2.12. The summed E-state index contributed by atoms with van der Waals surface area (Å²) in [6, 6.07) is 19.8. The highest BCUT2D eigenvalue weighted by molar-refractivity contribution is 7.22. The summed E-state index contributed by atoms with van der Waals surface area (Å²) in [5, 5.41) is 3.64. The van der Waals surface area contributed by atoms with Crippen molar-refractivity contribution in [1.82, 2.24) is 9.97 Å². The van der Waals surface area contributed by atoms with Crippen molar-refractivity contribution in [2.75, 3.05) is 0 Å². The summed E-state index contributed by atoms with van der Waals surface area (Å²) in [7, 11) is 0. The molecule has 0 fully saturated rings. The van der Waals surface area contributed by atoms with Gasteiger partial charge in [0, 0.05) is 17.3 Å². The zero-order valence-corrected chi connectivity index (χ0v) is 20.4. The lowest BCUT2D eigenvalue weighted by Gasteiger charge is -2.22. The van der Waals surface area contributed by atoms with E-state index in [2.05, 4.69) is 90.1 Å². The smallest absolute Gasteiger partial charge is 0.125 e. The summed E-state index contributed by atoms with van der Waals surface area (Å²) in [6.07, 6.45) is 1.89. The summed E-state index contributed by atoms with van der Waals surface area (Å²) in [4.78, 5) is 9.88. The van der Waals surface area contributed by atoms with Gasteiger partial charge in [0.05, 0.1) is 15.9 Å². The highest BCUT2D eigenvalue weighted by Gasteiger charge is 2.20. The molecule has 0 unspecified atom stereocenters. The van der Waals surface area contributed by atoms with E-state index in [1.807, 2.05) is 12.3 Å². The molecule has 3 aromatic carbocycles. The van der Waals surface area contributed by atoms with Crippen LogP contribution in [0.4, 0.5) is 0 Å². The largest absolute Gasteiger partial charge is 0.255 e. The highest BCUT2D eigenvalue weighted by Crippen LogP contribution is 2.40. The molecule has 160 valence electrons. The molecule has 0 spiro atoms. The van der Waals surface area contributed by atoms with Crippen molar-refractivity contribution in [2.45, 2.75) is 47.0 Å². The normalized spacial score (nSPS) is 12.1. The van der Waals surface area contributed by atoms with E-state index in [-0.39, 0.29) is 5.41 Å². The number of thiazole rings is 1. The molecular weight excluding hydrogens is 408 g/mol. The van der Waals surface area contributed by atoms with Gasteiger partial charge in [-0.05, 0) is 71.8 Å². The van der Waals surface area contributed by atoms with Gasteiger partial charge in [-0.25, -0.2) is 4.98 Å². The molecule has 5 aromatic rings. The second-order valence-corrected chi connectivity index (χ2v) is 10.8. The fourth-order valence-corrected chi connectivity index (χ4v) is 6.00. The van der Waals surface area contributed by atoms with Crippen LogP contribution < -0.4 is 0 Å². The standard InChI is InChI=1S/C29H28N2S/c1-17-13-18(2)25(19(3)14-17)28-31-24-11-12-30-26(27(24)32-28)21-15-20-9-7-8-10-22(20)23(16-21)29(4,5)6/h7-16H,1-6H3. The number of aryl methyl sites for hydroxylation is 3. The van der Waals surface area contributed by atoms with E-state index in [0.29, 0.717) is 0 Å². The van der Waals surface area contributed by atoms with Crippen molar-refractivity contribution in [1.29, 1.82) is 0 Å². The van der Waals surface area contributed by atoms with Gasteiger partial charge in [0.1, 0.15) is 5.01 Å². The van der Waals surface area contributed by atoms with Crippen molar-refractivity contribution in [3.8, 4) is 21.8 Å². The predicted octanol–water partition coefficient (Wildman–Crippen LogP) is 8.40. The Balaban J connectivity index is 1.76. The van der Waals surface area contributed by atoms with Gasteiger partial charge in [0.25, 0.3) is 0 Å². The van der Waals surface area contributed by atoms with E-state index >= 15 is 0 Å². The van der Waals surface area contributed by atoms with Crippen molar-refractivity contribution in [3.05, 3.63) is 83.0 Å². The zero-order chi connectivity index (χ0) is 22.6. The van der Waals surface area contributed by atoms with E-state index in [1.165, 1.54) is 38.6 Å². The van der Waals surface area contributed by atoms with Gasteiger partial charge in [0.15, 0.2) is 0 Å². The number of aromatic nitrogens is 2. The van der Waals surface area contributed by atoms with Gasteiger partial charge in [-0.15, -0.1) is 11.3 Å². The van der Waals surface area contributed by atoms with Crippen LogP contribution in [0.2, 0.25) is 0 Å². The number of pyridine rings is 1. The van der Waals surface area contributed by atoms with Crippen molar-refractivity contribution in [3.63, 3.8) is 0 Å². The molecule has 2 nitrogen and oxygen atoms in total. The number of nitrogens with zero attached hydrogens (tertiary/aromatic N) is 2. The van der Waals surface area contributed by atoms with Gasteiger partial charge in [-0.1, -0.05) is 62.7 Å². The molecule has 2 heterocycles. The first kappa shape index (κ1) is 20.8. The summed E-state index contributed by atoms with van der Waals surface area (Å²) in [5.74, 6) is 0. The maximum atomic E-state index is 5.03. The summed E-state index contributed by atoms with van der Waals surface area (Å²) >= 11 is 1.75. The zero-order valence-electron chi connectivity index (χ0n) is 19.6. The number of fused-ring (bicyclic) bond motifs is 2. The third-order valence-electron chi connectivity index (χ3n) is 6.14. The van der Waals surface area contributed by atoms with Crippen LogP contribution in [-0.4, -0.2) is 9.97 Å². The van der Waals surface area contributed by atoms with Gasteiger partial charge < -0.3 is 0 Å². The van der Waals surface area contributed by atoms with Crippen LogP contribution in [0.15, 0.2) is 60.8 Å². The molecule has 3 heteroatoms. The Morgan fingerprint density at radius 2 is 1.56 bits per heavy atom. The quantitative estimate of drug-likeness (QED) is 0.278. The second-order valence-electron chi connectivity index (χ2n) is 9.80. The average molecular weight is 437 g/mol. The molecule has 0 N–H and O–H groups in total. The van der Waals surface area contributed by atoms with E-state index in [4.69, 9.17) is 9.97 Å². The predicted molar refractivity (Wildman–Crippen MR) is 139 cm³/mol. The summed E-state index contributed by atoms with van der Waals surface area (Å²) in [5.41, 5.74) is 9.66. The van der Waals surface area contributed by atoms with E-state index < -0.39 is 0 Å². The first-order valence-corrected chi connectivity index (χ1v) is 11.9. The van der Waals surface area contributed by atoms with E-state index in [9.17, 15) is 0 Å². The Morgan fingerprint density at radius 1 is 0.844 bits per heavy atom. The number of hydrogen-bond donors (Lipinski definition) is 0. The Kier molecular flexibility index (Phi) is 4.90. The molecule has 0 saturated carbocycles. The fraction of sp³-hybridized carbons (Fsp3) is 0.241. The molecule has 0 aliphatic heterocycles. The van der Waals surface area contributed by atoms with Gasteiger partial charge in [-0.3, -0.25) is 4.98 Å². The SMILES string of the molecule is Cc1cc(C)c(-c2nc3ccnc(-c4cc(C(C)(C)C)c5ccccc5c4)c3s2)c(C)c1. The summed E-state index contributed by atoms with van der Waals surface area (Å²) in [6.45, 7) is 13.3. The first-order valence-electron chi connectivity index (χ1n) is 11.1. The molecule has 0 aliphatic carbocycles. The van der Waals surface area contributed by atoms with Crippen LogP contribution in [-0.2, 0) is 5.41 Å². The van der Waals surface area contributed by atoms with E-state index in [1.54, 1.807) is 11.3 Å². The third-order valence-corrected chi connectivity index (χ3v) is 7.23. The Hall–Kier alpha value is -3.04. The van der Waals surface area contributed by atoms with Crippen LogP contribution in [0.3, 0.4) is 0 Å². The van der Waals surface area contributed by atoms with Crippen LogP contribution >= 0.6 is 11.3 Å². The minimum absolute atomic E-state index is 0.0402. The van der Waals surface area contributed by atoms with Gasteiger partial charge in [-0.2, -0.15) is 0 Å². The molecule has 32 heavy (non-hydrogen) atoms. The van der Waals surface area contributed by atoms with Gasteiger partial charge in [0.2, 0.25) is 0 Å². The second kappa shape index (κ2) is 7.53. The maximum absolute atomic E-state index is 5.03. The molecular formula is C29H28N2S.